The first kappa shape index (κ1) is 27.2. The summed E-state index contributed by atoms with van der Waals surface area (Å²) in [7, 11) is 0. The Balaban J connectivity index is 6.54. The van der Waals surface area contributed by atoms with Crippen molar-refractivity contribution in [2.45, 2.75) is 41.7 Å². The summed E-state index contributed by atoms with van der Waals surface area (Å²) in [6.45, 7) is 0. The molecule has 0 aromatic rings. The van der Waals surface area contributed by atoms with Crippen LogP contribution in [-0.2, 0) is 4.79 Å². The van der Waals surface area contributed by atoms with Crippen molar-refractivity contribution in [2.75, 3.05) is 0 Å². The molecule has 0 aliphatic heterocycles. The fourth-order valence-corrected chi connectivity index (χ4v) is 1.29. The average Bonchev–Trinajstić information content (AvgIpc) is 2.42. The molecule has 1 N–H and O–H groups in total. The molecule has 174 valence electrons. The van der Waals surface area contributed by atoms with Gasteiger partial charge < -0.3 is 0 Å². The Hall–Kier alpha value is -1.83. The number of hydrogen-bond donors (Lipinski definition) is 1. The van der Waals surface area contributed by atoms with Gasteiger partial charge in [0.15, 0.2) is 0 Å². The van der Waals surface area contributed by atoms with Gasteiger partial charge in [-0.15, -0.1) is 0 Å². The second-order valence-corrected chi connectivity index (χ2v) is 4.83. The number of quaternary nitrogens is 1. The van der Waals surface area contributed by atoms with Gasteiger partial charge in [0.05, 0.1) is 0 Å². The first-order valence-electron chi connectivity index (χ1n) is 5.77. The van der Waals surface area contributed by atoms with Crippen LogP contribution in [0.1, 0.15) is 0 Å². The van der Waals surface area contributed by atoms with Crippen LogP contribution in [-0.4, -0.2) is 52.9 Å². The standard InChI is InChI=1S/C8F18N2O/c9-2(10,1(29)27-28(24,25)26)3(11,12)4(13,14)5(15,16)6(17,18)7(19,20)8(21,22)23/p+1. The first-order valence-corrected chi connectivity index (χ1v) is 5.77. The van der Waals surface area contributed by atoms with Crippen molar-refractivity contribution in [3.8, 4) is 0 Å². The van der Waals surface area contributed by atoms with Crippen LogP contribution < -0.4 is 5.43 Å². The van der Waals surface area contributed by atoms with Crippen molar-refractivity contribution in [3.05, 3.63) is 0 Å². The van der Waals surface area contributed by atoms with Crippen molar-refractivity contribution >= 4 is 5.91 Å². The molecule has 0 atom stereocenters. The zero-order chi connectivity index (χ0) is 24.3. The highest BCUT2D eigenvalue weighted by Gasteiger charge is 2.94. The molecule has 29 heavy (non-hydrogen) atoms. The molecule has 0 spiro atoms. The molecular formula is C8HF18N2O+. The van der Waals surface area contributed by atoms with Gasteiger partial charge in [-0.3, -0.25) is 4.79 Å². The molecule has 3 nitrogen and oxygen atoms in total. The lowest BCUT2D eigenvalue weighted by atomic mass is 9.91. The molecule has 0 unspecified atom stereocenters. The number of hydrogen-bond acceptors (Lipinski definition) is 1. The first-order chi connectivity index (χ1) is 12.1. The number of carbonyl (C=O) groups is 1. The van der Waals surface area contributed by atoms with Gasteiger partial charge in [0.2, 0.25) is 0 Å². The summed E-state index contributed by atoms with van der Waals surface area (Å²) in [5.41, 5.74) is -1.14. The maximum Gasteiger partial charge on any atom is 0.460 e. The summed E-state index contributed by atoms with van der Waals surface area (Å²) < 4.78 is 225. The summed E-state index contributed by atoms with van der Waals surface area (Å²) in [6, 6.07) is 0. The second-order valence-electron chi connectivity index (χ2n) is 4.83. The van der Waals surface area contributed by atoms with Crippen molar-refractivity contribution in [1.29, 1.82) is 0 Å². The van der Waals surface area contributed by atoms with Crippen molar-refractivity contribution in [2.24, 2.45) is 0 Å². The SMILES string of the molecule is O=C(N[N+](F)(F)F)C(F)(F)C(F)(F)C(F)(F)C(F)(F)C(F)(F)C(F)(F)C(F)(F)F. The van der Waals surface area contributed by atoms with E-state index in [1.54, 1.807) is 0 Å². The van der Waals surface area contributed by atoms with Gasteiger partial charge in [-0.25, -0.2) is 0 Å². The minimum Gasteiger partial charge on any atom is -0.262 e. The van der Waals surface area contributed by atoms with E-state index in [2.05, 4.69) is 0 Å². The highest BCUT2D eigenvalue weighted by molar-refractivity contribution is 5.83. The lowest BCUT2D eigenvalue weighted by Crippen LogP contribution is -2.74. The summed E-state index contributed by atoms with van der Waals surface area (Å²) in [5, 5.41) is -5.74. The quantitative estimate of drug-likeness (QED) is 0.313. The van der Waals surface area contributed by atoms with Crippen LogP contribution >= 0.6 is 0 Å². The number of rotatable bonds is 7. The highest BCUT2D eigenvalue weighted by Crippen LogP contribution is 2.62. The monoisotopic (exact) mass is 483 g/mol. The Morgan fingerprint density at radius 2 is 0.793 bits per heavy atom. The Morgan fingerprint density at radius 3 is 1.07 bits per heavy atom. The molecule has 0 aliphatic carbocycles. The Labute approximate surface area is 144 Å². The predicted molar refractivity (Wildman–Crippen MR) is 47.5 cm³/mol. The van der Waals surface area contributed by atoms with E-state index in [0.29, 0.717) is 0 Å². The van der Waals surface area contributed by atoms with Gasteiger partial charge in [0.25, 0.3) is 0 Å². The van der Waals surface area contributed by atoms with Gasteiger partial charge in [0.1, 0.15) is 13.4 Å². The maximum atomic E-state index is 13.1. The van der Waals surface area contributed by atoms with E-state index in [1.165, 1.54) is 0 Å². The van der Waals surface area contributed by atoms with E-state index in [1.807, 2.05) is 0 Å². The number of carbonyl (C=O) groups excluding carboxylic acids is 1. The largest absolute Gasteiger partial charge is 0.460 e. The minimum atomic E-state index is -8.70. The third-order valence-electron chi connectivity index (χ3n) is 2.84. The van der Waals surface area contributed by atoms with E-state index in [9.17, 15) is 84.1 Å². The molecule has 1 amide bonds. The van der Waals surface area contributed by atoms with Crippen LogP contribution in [0.25, 0.3) is 0 Å². The molecule has 0 saturated carbocycles. The molecule has 0 heterocycles. The number of halogens is 18. The summed E-state index contributed by atoms with van der Waals surface area (Å²) >= 11 is 0. The Morgan fingerprint density at radius 1 is 0.517 bits per heavy atom. The molecule has 21 heteroatoms. The Kier molecular flexibility index (Phi) is 6.17. The van der Waals surface area contributed by atoms with Crippen LogP contribution in [0.2, 0.25) is 0 Å². The van der Waals surface area contributed by atoms with Gasteiger partial charge >= 0.3 is 52.9 Å². The van der Waals surface area contributed by atoms with Crippen LogP contribution in [0, 0.1) is 0 Å². The van der Waals surface area contributed by atoms with E-state index in [4.69, 9.17) is 0 Å². The van der Waals surface area contributed by atoms with Gasteiger partial charge in [-0.2, -0.15) is 65.9 Å². The molecule has 0 aromatic heterocycles. The average molecular weight is 483 g/mol. The number of nitrogens with zero attached hydrogens (tertiary/aromatic N) is 1. The molecule has 0 rings (SSSR count). The topological polar surface area (TPSA) is 29.1 Å². The lowest BCUT2D eigenvalue weighted by Gasteiger charge is -2.40. The third-order valence-corrected chi connectivity index (χ3v) is 2.84. The van der Waals surface area contributed by atoms with Crippen molar-refractivity contribution in [3.63, 3.8) is 0 Å². The van der Waals surface area contributed by atoms with Gasteiger partial charge in [0, 0.05) is 0 Å². The third kappa shape index (κ3) is 3.83. The summed E-state index contributed by atoms with van der Waals surface area (Å²) in [5.74, 6) is -54.7. The van der Waals surface area contributed by atoms with Gasteiger partial charge in [-0.1, -0.05) is 5.43 Å². The highest BCUT2D eigenvalue weighted by atomic mass is 19.6. The summed E-state index contributed by atoms with van der Waals surface area (Å²) in [6.07, 6.45) is -7.82. The molecular weight excluding hydrogens is 482 g/mol. The molecule has 0 fully saturated rings. The number of alkyl halides is 15. The minimum absolute atomic E-state index is 1.14. The van der Waals surface area contributed by atoms with Crippen LogP contribution in [0.3, 0.4) is 0 Å². The molecule has 0 radical (unpaired) electrons. The summed E-state index contributed by atoms with van der Waals surface area (Å²) in [4.78, 5) is 10.3. The van der Waals surface area contributed by atoms with E-state index in [-0.39, 0.29) is 0 Å². The smallest absolute Gasteiger partial charge is 0.262 e. The maximum absolute atomic E-state index is 13.1. The molecule has 0 aromatic carbocycles. The molecule has 0 aliphatic rings. The normalized spacial score (nSPS) is 16.1. The van der Waals surface area contributed by atoms with E-state index < -0.39 is 58.3 Å². The zero-order valence-corrected chi connectivity index (χ0v) is 12.2. The fraction of sp³-hybridized carbons (Fsp3) is 0.875. The molecule has 0 bridgehead atoms. The van der Waals surface area contributed by atoms with Crippen molar-refractivity contribution < 1.29 is 89.4 Å². The lowest BCUT2D eigenvalue weighted by molar-refractivity contribution is -1.29. The van der Waals surface area contributed by atoms with E-state index >= 15 is 0 Å². The van der Waals surface area contributed by atoms with Crippen LogP contribution in [0.5, 0.6) is 0 Å². The van der Waals surface area contributed by atoms with Crippen molar-refractivity contribution in [1.82, 2.24) is 5.43 Å². The fourth-order valence-electron chi connectivity index (χ4n) is 1.29. The second kappa shape index (κ2) is 6.59. The predicted octanol–water partition coefficient (Wildman–Crippen LogP) is 4.86. The number of amides is 1. The zero-order valence-electron chi connectivity index (χ0n) is 12.2. The van der Waals surface area contributed by atoms with Crippen LogP contribution in [0.15, 0.2) is 0 Å². The van der Waals surface area contributed by atoms with E-state index in [0.717, 1.165) is 0 Å². The van der Waals surface area contributed by atoms with Gasteiger partial charge in [-0.05, 0) is 0 Å². The number of nitrogens with one attached hydrogen (secondary N) is 1. The Bertz CT molecular complexity index is 629. The molecule has 0 saturated heterocycles. The van der Waals surface area contributed by atoms with Crippen LogP contribution in [0.4, 0.5) is 79.3 Å².